The zero-order chi connectivity index (χ0) is 19.2. The Bertz CT molecular complexity index is 827. The highest BCUT2D eigenvalue weighted by molar-refractivity contribution is 5.50. The van der Waals surface area contributed by atoms with E-state index in [1.807, 2.05) is 6.92 Å². The van der Waals surface area contributed by atoms with Crippen LogP contribution in [0.2, 0.25) is 0 Å². The highest BCUT2D eigenvalue weighted by Gasteiger charge is 2.35. The Morgan fingerprint density at radius 1 is 1.00 bits per heavy atom. The average molecular weight is 351 g/mol. The number of aromatic hydroxyl groups is 1. The maximum absolute atomic E-state index is 10.6. The number of phenolic OH excluding ortho intramolecular Hbond substituents is 1. The summed E-state index contributed by atoms with van der Waals surface area (Å²) in [6, 6.07) is 8.96. The van der Waals surface area contributed by atoms with E-state index in [2.05, 4.69) is 65.8 Å². The number of benzene rings is 2. The normalized spacial score (nSPS) is 18.8. The van der Waals surface area contributed by atoms with Gasteiger partial charge in [0.05, 0.1) is 0 Å². The molecular weight excluding hydrogens is 316 g/mol. The van der Waals surface area contributed by atoms with E-state index in [1.54, 1.807) is 5.56 Å². The van der Waals surface area contributed by atoms with E-state index in [-0.39, 0.29) is 0 Å². The molecular formula is C25H34O. The number of hydrogen-bond donors (Lipinski definition) is 1. The maximum atomic E-state index is 10.6. The summed E-state index contributed by atoms with van der Waals surface area (Å²) in [6.07, 6.45) is 3.21. The molecule has 1 aliphatic rings. The molecule has 0 aromatic heterocycles. The molecule has 0 fully saturated rings. The van der Waals surface area contributed by atoms with Crippen molar-refractivity contribution in [3.05, 3.63) is 63.2 Å². The van der Waals surface area contributed by atoms with E-state index < -0.39 is 0 Å². The fraction of sp³-hybridized carbons (Fsp3) is 0.520. The van der Waals surface area contributed by atoms with Crippen LogP contribution in [0.1, 0.15) is 79.0 Å². The summed E-state index contributed by atoms with van der Waals surface area (Å²) in [4.78, 5) is 0. The van der Waals surface area contributed by atoms with E-state index >= 15 is 0 Å². The second kappa shape index (κ2) is 6.76. The molecule has 3 rings (SSSR count). The summed E-state index contributed by atoms with van der Waals surface area (Å²) >= 11 is 0. The minimum absolute atomic E-state index is 0.330. The molecule has 0 amide bonds. The van der Waals surface area contributed by atoms with Crippen LogP contribution in [-0.2, 0) is 12.8 Å². The highest BCUT2D eigenvalue weighted by atomic mass is 16.3. The predicted molar refractivity (Wildman–Crippen MR) is 111 cm³/mol. The van der Waals surface area contributed by atoms with E-state index in [4.69, 9.17) is 0 Å². The Balaban J connectivity index is 2.13. The average Bonchev–Trinajstić information content (AvgIpc) is 2.51. The molecule has 0 bridgehead atoms. The van der Waals surface area contributed by atoms with Gasteiger partial charge < -0.3 is 5.11 Å². The molecule has 0 aliphatic heterocycles. The lowest BCUT2D eigenvalue weighted by molar-refractivity contribution is 0.249. The Labute approximate surface area is 159 Å². The molecule has 26 heavy (non-hydrogen) atoms. The third-order valence-corrected chi connectivity index (χ3v) is 6.06. The lowest BCUT2D eigenvalue weighted by Gasteiger charge is -2.40. The summed E-state index contributed by atoms with van der Waals surface area (Å²) < 4.78 is 0. The fourth-order valence-electron chi connectivity index (χ4n) is 4.86. The van der Waals surface area contributed by atoms with Crippen LogP contribution in [0.15, 0.2) is 24.3 Å². The summed E-state index contributed by atoms with van der Waals surface area (Å²) in [7, 11) is 0. The predicted octanol–water partition coefficient (Wildman–Crippen LogP) is 6.62. The van der Waals surface area contributed by atoms with Crippen molar-refractivity contribution in [1.82, 2.24) is 0 Å². The Hall–Kier alpha value is -1.76. The van der Waals surface area contributed by atoms with E-state index in [1.165, 1.54) is 28.7 Å². The minimum atomic E-state index is 0.330. The van der Waals surface area contributed by atoms with Crippen LogP contribution < -0.4 is 0 Å². The molecule has 1 atom stereocenters. The van der Waals surface area contributed by atoms with Gasteiger partial charge in [-0.25, -0.2) is 0 Å². The van der Waals surface area contributed by atoms with E-state index in [0.29, 0.717) is 23.0 Å². The van der Waals surface area contributed by atoms with Crippen LogP contribution in [0, 0.1) is 32.1 Å². The molecule has 0 saturated heterocycles. The van der Waals surface area contributed by atoms with Gasteiger partial charge in [0.25, 0.3) is 0 Å². The maximum Gasteiger partial charge on any atom is 0.122 e. The van der Waals surface area contributed by atoms with Crippen molar-refractivity contribution in [3.63, 3.8) is 0 Å². The van der Waals surface area contributed by atoms with Gasteiger partial charge in [-0.05, 0) is 78.7 Å². The van der Waals surface area contributed by atoms with Crippen LogP contribution in [-0.4, -0.2) is 5.11 Å². The molecule has 1 heteroatoms. The lowest BCUT2D eigenvalue weighted by atomic mass is 9.64. The largest absolute Gasteiger partial charge is 0.507 e. The summed E-state index contributed by atoms with van der Waals surface area (Å²) in [5, 5.41) is 10.6. The van der Waals surface area contributed by atoms with Crippen LogP contribution in [0.3, 0.4) is 0 Å². The summed E-state index contributed by atoms with van der Waals surface area (Å²) in [6.45, 7) is 15.8. The van der Waals surface area contributed by atoms with Crippen LogP contribution in [0.5, 0.6) is 5.75 Å². The van der Waals surface area contributed by atoms with Gasteiger partial charge in [-0.15, -0.1) is 0 Å². The van der Waals surface area contributed by atoms with Gasteiger partial charge in [0.1, 0.15) is 5.75 Å². The van der Waals surface area contributed by atoms with Crippen LogP contribution in [0.4, 0.5) is 0 Å². The Morgan fingerprint density at radius 2 is 1.62 bits per heavy atom. The highest BCUT2D eigenvalue weighted by Crippen LogP contribution is 2.47. The standard InChI is InChI=1S/C25H34O/c1-15(2)22-13-25(6,7)14-23-19(9-17(4)11-21(22)23)12-20-10-16(3)8-18(5)24(20)26/h8-11,15,22,26H,12-14H2,1-7H3. The Kier molecular flexibility index (Phi) is 4.94. The van der Waals surface area contributed by atoms with Crippen molar-refractivity contribution in [3.8, 4) is 5.75 Å². The number of hydrogen-bond acceptors (Lipinski definition) is 1. The first kappa shape index (κ1) is 19.0. The Morgan fingerprint density at radius 3 is 2.27 bits per heavy atom. The minimum Gasteiger partial charge on any atom is -0.507 e. The molecule has 0 saturated carbocycles. The van der Waals surface area contributed by atoms with Crippen molar-refractivity contribution in [2.45, 2.75) is 73.6 Å². The lowest BCUT2D eigenvalue weighted by Crippen LogP contribution is -2.29. The number of aryl methyl sites for hydroxylation is 3. The monoisotopic (exact) mass is 350 g/mol. The smallest absolute Gasteiger partial charge is 0.122 e. The number of rotatable bonds is 3. The van der Waals surface area contributed by atoms with Crippen LogP contribution >= 0.6 is 0 Å². The van der Waals surface area contributed by atoms with E-state index in [9.17, 15) is 5.11 Å². The molecule has 140 valence electrons. The van der Waals surface area contributed by atoms with Crippen molar-refractivity contribution in [2.24, 2.45) is 11.3 Å². The molecule has 1 aliphatic carbocycles. The van der Waals surface area contributed by atoms with Crippen molar-refractivity contribution in [1.29, 1.82) is 0 Å². The van der Waals surface area contributed by atoms with Crippen molar-refractivity contribution < 1.29 is 5.11 Å². The van der Waals surface area contributed by atoms with Gasteiger partial charge in [0.15, 0.2) is 0 Å². The first-order valence-corrected chi connectivity index (χ1v) is 9.99. The number of fused-ring (bicyclic) bond motifs is 1. The molecule has 2 aromatic carbocycles. The molecule has 0 heterocycles. The second-order valence-electron chi connectivity index (χ2n) is 9.65. The van der Waals surface area contributed by atoms with Crippen molar-refractivity contribution >= 4 is 0 Å². The van der Waals surface area contributed by atoms with Gasteiger partial charge in [-0.3, -0.25) is 0 Å². The second-order valence-corrected chi connectivity index (χ2v) is 9.65. The van der Waals surface area contributed by atoms with Crippen LogP contribution in [0.25, 0.3) is 0 Å². The van der Waals surface area contributed by atoms with Crippen molar-refractivity contribution in [2.75, 3.05) is 0 Å². The molecule has 1 unspecified atom stereocenters. The molecule has 0 spiro atoms. The SMILES string of the molecule is Cc1cc(C)c(O)c(Cc2cc(C)cc3c2CC(C)(C)CC3C(C)C)c1. The van der Waals surface area contributed by atoms with Gasteiger partial charge in [-0.1, -0.05) is 63.1 Å². The first-order chi connectivity index (χ1) is 12.1. The first-order valence-electron chi connectivity index (χ1n) is 9.99. The third kappa shape index (κ3) is 3.68. The van der Waals surface area contributed by atoms with Gasteiger partial charge in [0.2, 0.25) is 0 Å². The van der Waals surface area contributed by atoms with E-state index in [0.717, 1.165) is 24.0 Å². The quantitative estimate of drug-likeness (QED) is 0.659. The molecule has 0 radical (unpaired) electrons. The van der Waals surface area contributed by atoms with Gasteiger partial charge >= 0.3 is 0 Å². The fourth-order valence-corrected chi connectivity index (χ4v) is 4.86. The number of phenols is 1. The third-order valence-electron chi connectivity index (χ3n) is 6.06. The summed E-state index contributed by atoms with van der Waals surface area (Å²) in [5.41, 5.74) is 9.41. The van der Waals surface area contributed by atoms with Gasteiger partial charge in [-0.2, -0.15) is 0 Å². The molecule has 1 nitrogen and oxygen atoms in total. The van der Waals surface area contributed by atoms with Gasteiger partial charge in [0, 0.05) is 6.42 Å². The molecule has 1 N–H and O–H groups in total. The zero-order valence-corrected chi connectivity index (χ0v) is 17.5. The summed E-state index contributed by atoms with van der Waals surface area (Å²) in [5.74, 6) is 1.74. The topological polar surface area (TPSA) is 20.2 Å². The molecule has 2 aromatic rings. The zero-order valence-electron chi connectivity index (χ0n) is 17.5.